The number of carbonyl (C=O) groups excluding carboxylic acids is 1. The Morgan fingerprint density at radius 1 is 1.48 bits per heavy atom. The van der Waals surface area contributed by atoms with Gasteiger partial charge in [0.25, 0.3) is 0 Å². The summed E-state index contributed by atoms with van der Waals surface area (Å²) in [6, 6.07) is -0.767. The van der Waals surface area contributed by atoms with Gasteiger partial charge >= 0.3 is 12.0 Å². The highest BCUT2D eigenvalue weighted by Gasteiger charge is 2.47. The van der Waals surface area contributed by atoms with Gasteiger partial charge in [-0.2, -0.15) is 0 Å². The van der Waals surface area contributed by atoms with Gasteiger partial charge in [-0.3, -0.25) is 4.79 Å². The number of aliphatic carboxylic acids is 1. The van der Waals surface area contributed by atoms with Crippen molar-refractivity contribution in [2.24, 2.45) is 5.41 Å². The molecule has 0 radical (unpaired) electrons. The molecule has 0 aliphatic carbocycles. The molecule has 0 saturated carbocycles. The van der Waals surface area contributed by atoms with Crippen molar-refractivity contribution < 1.29 is 24.2 Å². The number of carboxylic acid groups (broad SMARTS) is 1. The van der Waals surface area contributed by atoms with Gasteiger partial charge in [0.2, 0.25) is 0 Å². The van der Waals surface area contributed by atoms with E-state index in [1.165, 1.54) is 0 Å². The molecule has 2 aliphatic rings. The van der Waals surface area contributed by atoms with Crippen LogP contribution in [0, 0.1) is 5.41 Å². The van der Waals surface area contributed by atoms with Gasteiger partial charge < -0.3 is 24.8 Å². The van der Waals surface area contributed by atoms with Gasteiger partial charge in [-0.1, -0.05) is 0 Å². The lowest BCUT2D eigenvalue weighted by molar-refractivity contribution is -0.148. The Morgan fingerprint density at radius 3 is 2.81 bits per heavy atom. The Balaban J connectivity index is 1.93. The standard InChI is InChI=1S/C14H24N2O5/c1-3-16(7-10-5-4-6-21-10)13(19)15-11-8-20-9-14(11,2)12(17)18/h10-11H,3-9H2,1-2H3,(H,15,19)(H,17,18). The number of carbonyl (C=O) groups is 2. The molecule has 2 heterocycles. The van der Waals surface area contributed by atoms with Gasteiger partial charge in [0, 0.05) is 19.7 Å². The summed E-state index contributed by atoms with van der Waals surface area (Å²) in [4.78, 5) is 25.4. The van der Waals surface area contributed by atoms with Crippen molar-refractivity contribution in [2.75, 3.05) is 32.9 Å². The van der Waals surface area contributed by atoms with Crippen molar-refractivity contribution in [3.05, 3.63) is 0 Å². The predicted molar refractivity (Wildman–Crippen MR) is 75.1 cm³/mol. The molecule has 0 aromatic rings. The Hall–Kier alpha value is -1.34. The quantitative estimate of drug-likeness (QED) is 0.780. The molecule has 2 amide bonds. The molecule has 2 rings (SSSR count). The summed E-state index contributed by atoms with van der Waals surface area (Å²) in [5.41, 5.74) is -1.07. The third kappa shape index (κ3) is 3.47. The van der Waals surface area contributed by atoms with E-state index in [4.69, 9.17) is 9.47 Å². The summed E-state index contributed by atoms with van der Waals surface area (Å²) in [5, 5.41) is 12.1. The number of carboxylic acids is 1. The topological polar surface area (TPSA) is 88.1 Å². The summed E-state index contributed by atoms with van der Waals surface area (Å²) in [6.07, 6.45) is 2.07. The van der Waals surface area contributed by atoms with Crippen LogP contribution in [0.15, 0.2) is 0 Å². The first-order chi connectivity index (χ1) is 9.97. The summed E-state index contributed by atoms with van der Waals surface area (Å²) in [7, 11) is 0. The zero-order valence-electron chi connectivity index (χ0n) is 12.6. The Bertz CT molecular complexity index is 397. The first kappa shape index (κ1) is 16.0. The molecule has 2 N–H and O–H groups in total. The van der Waals surface area contributed by atoms with Gasteiger partial charge in [0.05, 0.1) is 25.4 Å². The number of hydrogen-bond acceptors (Lipinski definition) is 4. The largest absolute Gasteiger partial charge is 0.481 e. The van der Waals surface area contributed by atoms with Crippen LogP contribution in [0.5, 0.6) is 0 Å². The molecule has 7 heteroatoms. The molecule has 21 heavy (non-hydrogen) atoms. The van der Waals surface area contributed by atoms with E-state index >= 15 is 0 Å². The van der Waals surface area contributed by atoms with Gasteiger partial charge in [-0.15, -0.1) is 0 Å². The summed E-state index contributed by atoms with van der Waals surface area (Å²) in [5.74, 6) is -0.951. The van der Waals surface area contributed by atoms with E-state index in [1.54, 1.807) is 11.8 Å². The molecule has 3 atom stereocenters. The Kier molecular flexibility index (Phi) is 5.05. The maximum Gasteiger partial charge on any atom is 0.317 e. The predicted octanol–water partition coefficient (Wildman–Crippen LogP) is 0.687. The van der Waals surface area contributed by atoms with E-state index in [2.05, 4.69) is 5.32 Å². The van der Waals surface area contributed by atoms with E-state index in [0.717, 1.165) is 19.4 Å². The Labute approximate surface area is 124 Å². The van der Waals surface area contributed by atoms with E-state index in [9.17, 15) is 14.7 Å². The molecule has 2 aliphatic heterocycles. The number of urea groups is 1. The van der Waals surface area contributed by atoms with Crippen LogP contribution < -0.4 is 5.32 Å². The first-order valence-electron chi connectivity index (χ1n) is 7.45. The molecule has 2 saturated heterocycles. The fourth-order valence-corrected chi connectivity index (χ4v) is 2.72. The molecule has 3 unspecified atom stereocenters. The number of rotatable bonds is 5. The molecule has 2 fully saturated rings. The zero-order chi connectivity index (χ0) is 15.5. The summed E-state index contributed by atoms with van der Waals surface area (Å²) in [6.45, 7) is 5.69. The molecule has 120 valence electrons. The smallest absolute Gasteiger partial charge is 0.317 e. The van der Waals surface area contributed by atoms with E-state index < -0.39 is 17.4 Å². The van der Waals surface area contributed by atoms with Crippen molar-refractivity contribution in [1.29, 1.82) is 0 Å². The minimum absolute atomic E-state index is 0.0846. The molecule has 7 nitrogen and oxygen atoms in total. The van der Waals surface area contributed by atoms with Crippen LogP contribution >= 0.6 is 0 Å². The summed E-state index contributed by atoms with van der Waals surface area (Å²) < 4.78 is 10.8. The first-order valence-corrected chi connectivity index (χ1v) is 7.45. The van der Waals surface area contributed by atoms with Crippen LogP contribution in [0.25, 0.3) is 0 Å². The maximum absolute atomic E-state index is 12.3. The number of nitrogens with zero attached hydrogens (tertiary/aromatic N) is 1. The summed E-state index contributed by atoms with van der Waals surface area (Å²) >= 11 is 0. The second-order valence-corrected chi connectivity index (χ2v) is 5.91. The lowest BCUT2D eigenvalue weighted by atomic mass is 9.85. The van der Waals surface area contributed by atoms with Crippen LogP contribution in [0.3, 0.4) is 0 Å². The van der Waals surface area contributed by atoms with Crippen molar-refractivity contribution in [3.63, 3.8) is 0 Å². The number of hydrogen-bond donors (Lipinski definition) is 2. The van der Waals surface area contributed by atoms with Gasteiger partial charge in [-0.25, -0.2) is 4.79 Å². The van der Waals surface area contributed by atoms with Gasteiger partial charge in [-0.05, 0) is 26.7 Å². The highest BCUT2D eigenvalue weighted by Crippen LogP contribution is 2.28. The fourth-order valence-electron chi connectivity index (χ4n) is 2.72. The van der Waals surface area contributed by atoms with E-state index in [1.807, 2.05) is 6.92 Å². The van der Waals surface area contributed by atoms with E-state index in [0.29, 0.717) is 13.1 Å². The van der Waals surface area contributed by atoms with Crippen LogP contribution in [0.1, 0.15) is 26.7 Å². The van der Waals surface area contributed by atoms with Crippen molar-refractivity contribution >= 4 is 12.0 Å². The maximum atomic E-state index is 12.3. The number of ether oxygens (including phenoxy) is 2. The highest BCUT2D eigenvalue weighted by molar-refractivity contribution is 5.79. The second-order valence-electron chi connectivity index (χ2n) is 5.91. The average Bonchev–Trinajstić information content (AvgIpc) is 3.07. The van der Waals surface area contributed by atoms with Gasteiger partial charge in [0.15, 0.2) is 0 Å². The monoisotopic (exact) mass is 300 g/mol. The highest BCUT2D eigenvalue weighted by atomic mass is 16.5. The number of amides is 2. The third-order valence-electron chi connectivity index (χ3n) is 4.36. The molecular weight excluding hydrogens is 276 g/mol. The lowest BCUT2D eigenvalue weighted by Gasteiger charge is -2.30. The Morgan fingerprint density at radius 2 is 2.24 bits per heavy atom. The van der Waals surface area contributed by atoms with E-state index in [-0.39, 0.29) is 25.3 Å². The van der Waals surface area contributed by atoms with Crippen molar-refractivity contribution in [1.82, 2.24) is 10.2 Å². The minimum Gasteiger partial charge on any atom is -0.481 e. The second kappa shape index (κ2) is 6.62. The number of nitrogens with one attached hydrogen (secondary N) is 1. The zero-order valence-corrected chi connectivity index (χ0v) is 12.6. The normalized spacial score (nSPS) is 32.1. The molecule has 0 aromatic heterocycles. The fraction of sp³-hybridized carbons (Fsp3) is 0.857. The van der Waals surface area contributed by atoms with Crippen LogP contribution in [-0.4, -0.2) is 67.1 Å². The van der Waals surface area contributed by atoms with Crippen molar-refractivity contribution in [2.45, 2.75) is 38.8 Å². The number of likely N-dealkylation sites (N-methyl/N-ethyl adjacent to an activating group) is 1. The van der Waals surface area contributed by atoms with Crippen LogP contribution in [-0.2, 0) is 14.3 Å². The van der Waals surface area contributed by atoms with Crippen LogP contribution in [0.2, 0.25) is 0 Å². The lowest BCUT2D eigenvalue weighted by Crippen LogP contribution is -2.54. The molecule has 0 aromatic carbocycles. The molecular formula is C14H24N2O5. The molecule has 0 bridgehead atoms. The third-order valence-corrected chi connectivity index (χ3v) is 4.36. The average molecular weight is 300 g/mol. The minimum atomic E-state index is -1.07. The van der Waals surface area contributed by atoms with Crippen LogP contribution in [0.4, 0.5) is 4.79 Å². The van der Waals surface area contributed by atoms with Crippen molar-refractivity contribution in [3.8, 4) is 0 Å². The SMILES string of the molecule is CCN(CC1CCCO1)C(=O)NC1COCC1(C)C(=O)O. The molecule has 0 spiro atoms. The van der Waals surface area contributed by atoms with Gasteiger partial charge in [0.1, 0.15) is 5.41 Å².